The van der Waals surface area contributed by atoms with E-state index in [0.29, 0.717) is 25.4 Å². The van der Waals surface area contributed by atoms with Crippen LogP contribution in [0.25, 0.3) is 0 Å². The number of piperidine rings is 1. The van der Waals surface area contributed by atoms with Crippen molar-refractivity contribution in [3.05, 3.63) is 41.1 Å². The Kier molecular flexibility index (Phi) is 4.13. The lowest BCUT2D eigenvalue weighted by atomic mass is 9.76. The number of oxazole rings is 1. The molecule has 4 rings (SSSR count). The van der Waals surface area contributed by atoms with E-state index in [1.807, 2.05) is 24.8 Å². The molecule has 3 heterocycles. The van der Waals surface area contributed by atoms with Crippen molar-refractivity contribution in [2.75, 3.05) is 13.3 Å². The molecule has 6 nitrogen and oxygen atoms in total. The van der Waals surface area contributed by atoms with Crippen LogP contribution in [-0.2, 0) is 17.8 Å². The highest BCUT2D eigenvalue weighted by molar-refractivity contribution is 5.77. The molecule has 1 saturated heterocycles. The number of amides is 1. The molecule has 0 saturated carbocycles. The quantitative estimate of drug-likeness (QED) is 0.840. The summed E-state index contributed by atoms with van der Waals surface area (Å²) >= 11 is 0. The van der Waals surface area contributed by atoms with Crippen LogP contribution in [0.4, 0.5) is 0 Å². The minimum Gasteiger partial charge on any atom is -0.454 e. The van der Waals surface area contributed by atoms with Gasteiger partial charge in [0.15, 0.2) is 17.4 Å². The third kappa shape index (κ3) is 3.28. The van der Waals surface area contributed by atoms with E-state index in [4.69, 9.17) is 13.9 Å². The summed E-state index contributed by atoms with van der Waals surface area (Å²) in [5.41, 5.74) is 2.08. The number of ether oxygens (including phenoxy) is 2. The monoisotopic (exact) mass is 356 g/mol. The highest BCUT2D eigenvalue weighted by Gasteiger charge is 2.36. The van der Waals surface area contributed by atoms with Crippen LogP contribution >= 0.6 is 0 Å². The van der Waals surface area contributed by atoms with E-state index in [1.165, 1.54) is 5.56 Å². The molecule has 1 fully saturated rings. The number of fused-ring (bicyclic) bond motifs is 1. The van der Waals surface area contributed by atoms with E-state index < -0.39 is 0 Å². The number of aromatic nitrogens is 1. The predicted molar refractivity (Wildman–Crippen MR) is 95.0 cm³/mol. The minimum absolute atomic E-state index is 0.0221. The molecule has 1 aromatic carbocycles. The molecule has 2 aliphatic rings. The lowest BCUT2D eigenvalue weighted by Crippen LogP contribution is -2.45. The molecule has 2 aliphatic heterocycles. The summed E-state index contributed by atoms with van der Waals surface area (Å²) in [6, 6.07) is 6.11. The molecule has 6 heteroatoms. The van der Waals surface area contributed by atoms with Crippen molar-refractivity contribution in [2.45, 2.75) is 46.6 Å². The van der Waals surface area contributed by atoms with Gasteiger partial charge in [0.2, 0.25) is 12.7 Å². The predicted octanol–water partition coefficient (Wildman–Crippen LogP) is 3.39. The highest BCUT2D eigenvalue weighted by atomic mass is 16.7. The first-order valence-electron chi connectivity index (χ1n) is 9.01. The Morgan fingerprint density at radius 2 is 2.04 bits per heavy atom. The Labute approximate surface area is 153 Å². The fraction of sp³-hybridized carbons (Fsp3) is 0.500. The first-order valence-corrected chi connectivity index (χ1v) is 9.01. The second-order valence-corrected chi connectivity index (χ2v) is 7.66. The average molecular weight is 356 g/mol. The van der Waals surface area contributed by atoms with Gasteiger partial charge in [0.05, 0.1) is 6.54 Å². The number of likely N-dealkylation sites (tertiary alicyclic amines) is 1. The summed E-state index contributed by atoms with van der Waals surface area (Å²) in [5, 5.41) is 0. The highest BCUT2D eigenvalue weighted by Crippen LogP contribution is 2.38. The summed E-state index contributed by atoms with van der Waals surface area (Å²) in [4.78, 5) is 18.8. The molecule has 138 valence electrons. The van der Waals surface area contributed by atoms with Gasteiger partial charge in [-0.05, 0) is 42.9 Å². The average Bonchev–Trinajstić information content (AvgIpc) is 3.17. The Morgan fingerprint density at radius 1 is 1.23 bits per heavy atom. The Morgan fingerprint density at radius 3 is 2.81 bits per heavy atom. The number of hydrogen-bond acceptors (Lipinski definition) is 5. The van der Waals surface area contributed by atoms with E-state index in [2.05, 4.69) is 24.0 Å². The zero-order valence-electron chi connectivity index (χ0n) is 15.5. The van der Waals surface area contributed by atoms with E-state index >= 15 is 0 Å². The molecule has 0 spiro atoms. The molecular weight excluding hydrogens is 332 g/mol. The number of hydrogen-bond donors (Lipinski definition) is 0. The van der Waals surface area contributed by atoms with Crippen molar-refractivity contribution in [3.63, 3.8) is 0 Å². The smallest absolute Gasteiger partial charge is 0.231 e. The van der Waals surface area contributed by atoms with Crippen molar-refractivity contribution < 1.29 is 18.7 Å². The van der Waals surface area contributed by atoms with E-state index in [1.54, 1.807) is 0 Å². The second kappa shape index (κ2) is 6.34. The van der Waals surface area contributed by atoms with Gasteiger partial charge < -0.3 is 18.8 Å². The van der Waals surface area contributed by atoms with Crippen LogP contribution in [0, 0.1) is 19.3 Å². The fourth-order valence-electron chi connectivity index (χ4n) is 3.93. The van der Waals surface area contributed by atoms with Crippen LogP contribution in [0.3, 0.4) is 0 Å². The van der Waals surface area contributed by atoms with Crippen LogP contribution < -0.4 is 9.47 Å². The normalized spacial score (nSPS) is 22.1. The van der Waals surface area contributed by atoms with Crippen molar-refractivity contribution >= 4 is 5.91 Å². The maximum atomic E-state index is 12.4. The number of rotatable bonds is 4. The van der Waals surface area contributed by atoms with Crippen molar-refractivity contribution in [1.29, 1.82) is 0 Å². The molecule has 1 unspecified atom stereocenters. The van der Waals surface area contributed by atoms with Crippen LogP contribution in [0.1, 0.15) is 42.7 Å². The van der Waals surface area contributed by atoms with Crippen LogP contribution in [0.5, 0.6) is 11.5 Å². The molecule has 2 aromatic rings. The summed E-state index contributed by atoms with van der Waals surface area (Å²) < 4.78 is 16.4. The maximum absolute atomic E-state index is 12.4. The van der Waals surface area contributed by atoms with Gasteiger partial charge in [-0.1, -0.05) is 13.0 Å². The van der Waals surface area contributed by atoms with Crippen LogP contribution in [0.15, 0.2) is 22.6 Å². The van der Waals surface area contributed by atoms with Crippen LogP contribution in [0.2, 0.25) is 0 Å². The lowest BCUT2D eigenvalue weighted by molar-refractivity contribution is -0.138. The minimum atomic E-state index is 0.0221. The van der Waals surface area contributed by atoms with E-state index in [9.17, 15) is 4.79 Å². The first-order chi connectivity index (χ1) is 12.4. The second-order valence-electron chi connectivity index (χ2n) is 7.66. The van der Waals surface area contributed by atoms with Gasteiger partial charge in [0.25, 0.3) is 0 Å². The number of benzene rings is 1. The molecular formula is C20H24N2O4. The number of aryl methyl sites for hydroxylation is 2. The molecule has 1 aromatic heterocycles. The van der Waals surface area contributed by atoms with Gasteiger partial charge in [-0.25, -0.2) is 4.98 Å². The Balaban J connectivity index is 1.49. The fourth-order valence-corrected chi connectivity index (χ4v) is 3.93. The molecule has 0 radical (unpaired) electrons. The van der Waals surface area contributed by atoms with Crippen molar-refractivity contribution in [1.82, 2.24) is 9.88 Å². The molecule has 26 heavy (non-hydrogen) atoms. The van der Waals surface area contributed by atoms with Gasteiger partial charge in [-0.15, -0.1) is 0 Å². The van der Waals surface area contributed by atoms with Crippen molar-refractivity contribution in [3.8, 4) is 11.5 Å². The Hall–Kier alpha value is -2.50. The first kappa shape index (κ1) is 16.9. The Bertz CT molecular complexity index is 844. The third-order valence-electron chi connectivity index (χ3n) is 5.28. The molecule has 0 bridgehead atoms. The molecule has 1 atom stereocenters. The van der Waals surface area contributed by atoms with Gasteiger partial charge in [-0.3, -0.25) is 4.79 Å². The summed E-state index contributed by atoms with van der Waals surface area (Å²) in [6.45, 7) is 7.49. The molecule has 0 aliphatic carbocycles. The van der Waals surface area contributed by atoms with E-state index in [-0.39, 0.29) is 18.1 Å². The number of carbonyl (C=O) groups is 1. The summed E-state index contributed by atoms with van der Waals surface area (Å²) in [6.07, 6.45) is 2.34. The SMILES string of the molecule is Cc1nc(CN2CC(C)(Cc3ccc4c(c3)OCO4)CCC2=O)c(C)o1. The molecule has 0 N–H and O–H groups in total. The third-order valence-corrected chi connectivity index (χ3v) is 5.28. The van der Waals surface area contributed by atoms with Gasteiger partial charge in [0.1, 0.15) is 11.5 Å². The van der Waals surface area contributed by atoms with Gasteiger partial charge in [-0.2, -0.15) is 0 Å². The number of carbonyl (C=O) groups excluding carboxylic acids is 1. The topological polar surface area (TPSA) is 64.8 Å². The standard InChI is InChI=1S/C20H24N2O4/c1-13-16(21-14(2)26-13)10-22-11-20(3,7-6-19(22)23)9-15-4-5-17-18(8-15)25-12-24-17/h4-5,8H,6-7,9-12H2,1-3H3. The molecule has 1 amide bonds. The maximum Gasteiger partial charge on any atom is 0.231 e. The van der Waals surface area contributed by atoms with Gasteiger partial charge >= 0.3 is 0 Å². The van der Waals surface area contributed by atoms with Crippen molar-refractivity contribution in [2.24, 2.45) is 5.41 Å². The largest absolute Gasteiger partial charge is 0.454 e. The van der Waals surface area contributed by atoms with Crippen LogP contribution in [-0.4, -0.2) is 29.1 Å². The summed E-state index contributed by atoms with van der Waals surface area (Å²) in [7, 11) is 0. The lowest BCUT2D eigenvalue weighted by Gasteiger charge is -2.40. The number of nitrogens with zero attached hydrogens (tertiary/aromatic N) is 2. The summed E-state index contributed by atoms with van der Waals surface area (Å²) in [5.74, 6) is 3.23. The van der Waals surface area contributed by atoms with Gasteiger partial charge in [0, 0.05) is 19.9 Å². The zero-order valence-corrected chi connectivity index (χ0v) is 15.5. The van der Waals surface area contributed by atoms with E-state index in [0.717, 1.165) is 35.8 Å². The zero-order chi connectivity index (χ0) is 18.3.